The Morgan fingerprint density at radius 1 is 1.32 bits per heavy atom. The molecule has 7 heteroatoms. The molecule has 1 unspecified atom stereocenters. The van der Waals surface area contributed by atoms with Crippen LogP contribution in [0.2, 0.25) is 0 Å². The number of sulfonamides is 1. The Kier molecular flexibility index (Phi) is 6.84. The van der Waals surface area contributed by atoms with Crippen molar-refractivity contribution in [3.05, 3.63) is 29.8 Å². The van der Waals surface area contributed by atoms with Gasteiger partial charge in [-0.15, -0.1) is 0 Å². The fourth-order valence-electron chi connectivity index (χ4n) is 3.63. The zero-order valence-electron chi connectivity index (χ0n) is 15.4. The Hall–Kier alpha value is -1.60. The summed E-state index contributed by atoms with van der Waals surface area (Å²) >= 11 is 0. The predicted octanol–water partition coefficient (Wildman–Crippen LogP) is 2.17. The van der Waals surface area contributed by atoms with Crippen molar-refractivity contribution in [2.45, 2.75) is 44.6 Å². The zero-order valence-corrected chi connectivity index (χ0v) is 16.2. The van der Waals surface area contributed by atoms with Crippen LogP contribution in [0.25, 0.3) is 0 Å². The first-order valence-corrected chi connectivity index (χ1v) is 10.5. The molecular formula is C18H30N4O2S. The number of benzene rings is 1. The highest BCUT2D eigenvalue weighted by Crippen LogP contribution is 2.28. The normalized spacial score (nSPS) is 18.8. The van der Waals surface area contributed by atoms with Crippen molar-refractivity contribution >= 4 is 16.0 Å². The number of hydrogen-bond donors (Lipinski definition) is 2. The van der Waals surface area contributed by atoms with E-state index in [-0.39, 0.29) is 4.90 Å². The van der Waals surface area contributed by atoms with E-state index < -0.39 is 10.0 Å². The summed E-state index contributed by atoms with van der Waals surface area (Å²) in [4.78, 5) is 6.86. The SMILES string of the molecule is CCC(CC)C1CCN(C(=NC)NCc2ccc(S(N)(=O)=O)cc2)C1. The molecule has 140 valence electrons. The maximum atomic E-state index is 11.3. The molecule has 1 aromatic carbocycles. The van der Waals surface area contributed by atoms with Crippen LogP contribution in [0.5, 0.6) is 0 Å². The van der Waals surface area contributed by atoms with Crippen molar-refractivity contribution in [1.82, 2.24) is 10.2 Å². The molecule has 0 bridgehead atoms. The van der Waals surface area contributed by atoms with Crippen molar-refractivity contribution < 1.29 is 8.42 Å². The number of rotatable bonds is 6. The van der Waals surface area contributed by atoms with Crippen molar-refractivity contribution in [3.63, 3.8) is 0 Å². The van der Waals surface area contributed by atoms with E-state index in [0.717, 1.165) is 36.4 Å². The smallest absolute Gasteiger partial charge is 0.238 e. The molecular weight excluding hydrogens is 336 g/mol. The van der Waals surface area contributed by atoms with E-state index in [9.17, 15) is 8.42 Å². The van der Waals surface area contributed by atoms with E-state index in [0.29, 0.717) is 6.54 Å². The highest BCUT2D eigenvalue weighted by Gasteiger charge is 2.29. The van der Waals surface area contributed by atoms with E-state index in [2.05, 4.69) is 29.1 Å². The second-order valence-corrected chi connectivity index (χ2v) is 8.22. The first-order chi connectivity index (χ1) is 11.9. The number of aliphatic imine (C=N–C) groups is 1. The number of nitrogens with two attached hydrogens (primary N) is 1. The lowest BCUT2D eigenvalue weighted by Crippen LogP contribution is -2.40. The van der Waals surface area contributed by atoms with Crippen LogP contribution in [-0.4, -0.2) is 39.4 Å². The fourth-order valence-corrected chi connectivity index (χ4v) is 4.15. The van der Waals surface area contributed by atoms with Gasteiger partial charge in [-0.3, -0.25) is 4.99 Å². The van der Waals surface area contributed by atoms with Crippen LogP contribution in [0.1, 0.15) is 38.7 Å². The van der Waals surface area contributed by atoms with Gasteiger partial charge in [-0.05, 0) is 36.0 Å². The minimum Gasteiger partial charge on any atom is -0.352 e. The minimum absolute atomic E-state index is 0.133. The second-order valence-electron chi connectivity index (χ2n) is 6.66. The molecule has 0 amide bonds. The summed E-state index contributed by atoms with van der Waals surface area (Å²) in [7, 11) is -1.84. The summed E-state index contributed by atoms with van der Waals surface area (Å²) in [6.45, 7) is 7.23. The molecule has 1 aliphatic rings. The van der Waals surface area contributed by atoms with E-state index in [1.165, 1.54) is 31.4 Å². The highest BCUT2D eigenvalue weighted by molar-refractivity contribution is 7.89. The molecule has 0 saturated carbocycles. The van der Waals surface area contributed by atoms with Crippen molar-refractivity contribution in [1.29, 1.82) is 0 Å². The largest absolute Gasteiger partial charge is 0.352 e. The lowest BCUT2D eigenvalue weighted by molar-refractivity contribution is 0.319. The number of nitrogens with one attached hydrogen (secondary N) is 1. The predicted molar refractivity (Wildman–Crippen MR) is 102 cm³/mol. The second kappa shape index (κ2) is 8.67. The molecule has 1 aliphatic heterocycles. The van der Waals surface area contributed by atoms with Gasteiger partial charge in [0.25, 0.3) is 0 Å². The third-order valence-corrected chi connectivity index (χ3v) is 6.08. The maximum absolute atomic E-state index is 11.3. The number of primary sulfonamides is 1. The van der Waals surface area contributed by atoms with Crippen LogP contribution in [-0.2, 0) is 16.6 Å². The average Bonchev–Trinajstić information content (AvgIpc) is 3.06. The topological polar surface area (TPSA) is 87.8 Å². The van der Waals surface area contributed by atoms with Crippen molar-refractivity contribution in [2.75, 3.05) is 20.1 Å². The molecule has 1 heterocycles. The van der Waals surface area contributed by atoms with Gasteiger partial charge >= 0.3 is 0 Å². The Morgan fingerprint density at radius 3 is 2.48 bits per heavy atom. The monoisotopic (exact) mass is 366 g/mol. The Morgan fingerprint density at radius 2 is 1.96 bits per heavy atom. The average molecular weight is 367 g/mol. The van der Waals surface area contributed by atoms with Crippen molar-refractivity contribution in [3.8, 4) is 0 Å². The van der Waals surface area contributed by atoms with Gasteiger partial charge in [-0.25, -0.2) is 13.6 Å². The van der Waals surface area contributed by atoms with Gasteiger partial charge in [-0.1, -0.05) is 38.8 Å². The molecule has 0 aliphatic carbocycles. The number of likely N-dealkylation sites (tertiary alicyclic amines) is 1. The molecule has 3 N–H and O–H groups in total. The van der Waals surface area contributed by atoms with E-state index in [1.54, 1.807) is 19.2 Å². The molecule has 0 radical (unpaired) electrons. The van der Waals surface area contributed by atoms with Gasteiger partial charge in [0, 0.05) is 26.7 Å². The van der Waals surface area contributed by atoms with Crippen molar-refractivity contribution in [2.24, 2.45) is 22.0 Å². The number of nitrogens with zero attached hydrogens (tertiary/aromatic N) is 2. The Bertz CT molecular complexity index is 682. The molecule has 0 aromatic heterocycles. The van der Waals surface area contributed by atoms with Crippen LogP contribution in [0.4, 0.5) is 0 Å². The molecule has 1 saturated heterocycles. The fraction of sp³-hybridized carbons (Fsp3) is 0.611. The molecule has 0 spiro atoms. The standard InChI is InChI=1S/C18H30N4O2S/c1-4-15(5-2)16-10-11-22(13-16)18(20-3)21-12-14-6-8-17(9-7-14)25(19,23)24/h6-9,15-16H,4-5,10-13H2,1-3H3,(H,20,21)(H2,19,23,24). The molecule has 1 atom stereocenters. The summed E-state index contributed by atoms with van der Waals surface area (Å²) < 4.78 is 22.6. The lowest BCUT2D eigenvalue weighted by atomic mass is 9.87. The molecule has 1 aromatic rings. The number of hydrogen-bond acceptors (Lipinski definition) is 3. The van der Waals surface area contributed by atoms with E-state index in [1.807, 2.05) is 0 Å². The summed E-state index contributed by atoms with van der Waals surface area (Å²) in [6, 6.07) is 6.62. The van der Waals surface area contributed by atoms with Crippen LogP contribution in [0.15, 0.2) is 34.2 Å². The highest BCUT2D eigenvalue weighted by atomic mass is 32.2. The van der Waals surface area contributed by atoms with Crippen LogP contribution in [0, 0.1) is 11.8 Å². The lowest BCUT2D eigenvalue weighted by Gasteiger charge is -2.24. The van der Waals surface area contributed by atoms with Gasteiger partial charge < -0.3 is 10.2 Å². The summed E-state index contributed by atoms with van der Waals surface area (Å²) in [5, 5.41) is 8.50. The number of guanidine groups is 1. The van der Waals surface area contributed by atoms with E-state index in [4.69, 9.17) is 5.14 Å². The van der Waals surface area contributed by atoms with Gasteiger partial charge in [0.1, 0.15) is 0 Å². The van der Waals surface area contributed by atoms with Crippen LogP contribution in [0.3, 0.4) is 0 Å². The summed E-state index contributed by atoms with van der Waals surface area (Å²) in [6.07, 6.45) is 3.69. The van der Waals surface area contributed by atoms with E-state index >= 15 is 0 Å². The summed E-state index contributed by atoms with van der Waals surface area (Å²) in [5.74, 6) is 2.43. The first-order valence-electron chi connectivity index (χ1n) is 8.96. The third kappa shape index (κ3) is 5.19. The zero-order chi connectivity index (χ0) is 18.4. The Balaban J connectivity index is 1.93. The third-order valence-electron chi connectivity index (χ3n) is 5.15. The quantitative estimate of drug-likeness (QED) is 0.596. The van der Waals surface area contributed by atoms with Crippen LogP contribution >= 0.6 is 0 Å². The van der Waals surface area contributed by atoms with Gasteiger partial charge in [0.05, 0.1) is 4.90 Å². The van der Waals surface area contributed by atoms with Gasteiger partial charge in [-0.2, -0.15) is 0 Å². The molecule has 1 fully saturated rings. The molecule has 6 nitrogen and oxygen atoms in total. The maximum Gasteiger partial charge on any atom is 0.238 e. The van der Waals surface area contributed by atoms with Crippen LogP contribution < -0.4 is 10.5 Å². The van der Waals surface area contributed by atoms with Gasteiger partial charge in [0.15, 0.2) is 5.96 Å². The molecule has 2 rings (SSSR count). The Labute approximate surface area is 151 Å². The minimum atomic E-state index is -3.64. The summed E-state index contributed by atoms with van der Waals surface area (Å²) in [5.41, 5.74) is 0.990. The molecule has 25 heavy (non-hydrogen) atoms. The first kappa shape index (κ1) is 19.7. The van der Waals surface area contributed by atoms with Gasteiger partial charge in [0.2, 0.25) is 10.0 Å².